The second-order valence-corrected chi connectivity index (χ2v) is 7.26. The van der Waals surface area contributed by atoms with Gasteiger partial charge in [0.05, 0.1) is 18.7 Å². The molecule has 136 valence electrons. The van der Waals surface area contributed by atoms with Crippen LogP contribution in [-0.4, -0.2) is 34.2 Å². The lowest BCUT2D eigenvalue weighted by Crippen LogP contribution is -2.27. The maximum atomic E-state index is 11.6. The van der Waals surface area contributed by atoms with E-state index in [4.69, 9.17) is 4.74 Å². The van der Waals surface area contributed by atoms with Crippen LogP contribution in [0.4, 0.5) is 0 Å². The first-order chi connectivity index (χ1) is 11.8. The van der Waals surface area contributed by atoms with Crippen molar-refractivity contribution in [2.75, 3.05) is 13.7 Å². The molecule has 25 heavy (non-hydrogen) atoms. The highest BCUT2D eigenvalue weighted by atomic mass is 16.5. The Hall–Kier alpha value is -2.30. The summed E-state index contributed by atoms with van der Waals surface area (Å²) in [5.41, 5.74) is 1.29. The summed E-state index contributed by atoms with van der Waals surface area (Å²) in [6, 6.07) is 10.0. The molecule has 1 aromatic heterocycles. The lowest BCUT2D eigenvalue weighted by Gasteiger charge is -2.24. The number of aromatic nitrogens is 2. The summed E-state index contributed by atoms with van der Waals surface area (Å²) in [5.74, 6) is 1.12. The van der Waals surface area contributed by atoms with Crippen LogP contribution in [0, 0.1) is 0 Å². The number of likely N-dealkylation sites (tertiary alicyclic amines) is 1. The first-order valence-corrected chi connectivity index (χ1v) is 8.76. The Labute approximate surface area is 150 Å². The molecule has 1 aliphatic rings. The molecule has 1 fully saturated rings. The van der Waals surface area contributed by atoms with Gasteiger partial charge in [0.15, 0.2) is 0 Å². The average Bonchev–Trinajstić information content (AvgIpc) is 3.26. The topological polar surface area (TPSA) is 47.4 Å². The molecule has 5 heteroatoms. The van der Waals surface area contributed by atoms with Gasteiger partial charge in [-0.15, -0.1) is 0 Å². The van der Waals surface area contributed by atoms with Crippen molar-refractivity contribution in [1.82, 2.24) is 14.7 Å². The fourth-order valence-corrected chi connectivity index (χ4v) is 2.81. The van der Waals surface area contributed by atoms with E-state index in [0.29, 0.717) is 6.42 Å². The minimum Gasteiger partial charge on any atom is -0.497 e. The largest absolute Gasteiger partial charge is 0.497 e. The second kappa shape index (κ2) is 8.19. The molecule has 5 nitrogen and oxygen atoms in total. The molecule has 0 bridgehead atoms. The second-order valence-electron chi connectivity index (χ2n) is 7.26. The molecule has 2 heterocycles. The molecule has 0 N–H and O–H groups in total. The van der Waals surface area contributed by atoms with Gasteiger partial charge in [0.1, 0.15) is 5.75 Å². The number of nitrogens with zero attached hydrogens (tertiary/aromatic N) is 3. The molecule has 1 aromatic carbocycles. The molecular formula is C20H29N3O2. The first kappa shape index (κ1) is 19.0. The van der Waals surface area contributed by atoms with Gasteiger partial charge < -0.3 is 9.64 Å². The Morgan fingerprint density at radius 1 is 1.20 bits per heavy atom. The maximum Gasteiger partial charge on any atom is 0.223 e. The van der Waals surface area contributed by atoms with E-state index < -0.39 is 0 Å². The van der Waals surface area contributed by atoms with Crippen molar-refractivity contribution < 1.29 is 9.53 Å². The zero-order valence-electron chi connectivity index (χ0n) is 15.9. The van der Waals surface area contributed by atoms with Crippen LogP contribution in [0.25, 0.3) is 0 Å². The number of hydrogen-bond donors (Lipinski definition) is 0. The minimum absolute atomic E-state index is 0.128. The standard InChI is InChI=1S/C13H17NO2.C7H12N2/c1-10(14-9-3-4-13(14)15)11-5-7-12(16-2)8-6-11;1-7(2,3)9-6-4-5-8-9/h5-8,10H,3-4,9H2,1-2H3;4-6H,1-3H3/t10-;/m1./s1. The maximum absolute atomic E-state index is 11.6. The quantitative estimate of drug-likeness (QED) is 0.846. The highest BCUT2D eigenvalue weighted by molar-refractivity contribution is 5.78. The van der Waals surface area contributed by atoms with E-state index in [0.717, 1.165) is 24.3 Å². The zero-order valence-corrected chi connectivity index (χ0v) is 15.9. The molecule has 1 aliphatic heterocycles. The SMILES string of the molecule is CC(C)(C)n1cccn1.COc1ccc([C@@H](C)N2CCCC2=O)cc1. The Kier molecular flexibility index (Phi) is 6.23. The number of carbonyl (C=O) groups excluding carboxylic acids is 1. The Morgan fingerprint density at radius 2 is 1.88 bits per heavy atom. The number of hydrogen-bond acceptors (Lipinski definition) is 3. The van der Waals surface area contributed by atoms with Gasteiger partial charge in [-0.25, -0.2) is 0 Å². The van der Waals surface area contributed by atoms with E-state index in [1.54, 1.807) is 13.3 Å². The molecule has 0 radical (unpaired) electrons. The summed E-state index contributed by atoms with van der Waals surface area (Å²) in [5, 5.41) is 4.10. The number of rotatable bonds is 3. The van der Waals surface area contributed by atoms with Gasteiger partial charge in [-0.3, -0.25) is 9.48 Å². The predicted octanol–water partition coefficient (Wildman–Crippen LogP) is 4.02. The van der Waals surface area contributed by atoms with E-state index >= 15 is 0 Å². The highest BCUT2D eigenvalue weighted by Gasteiger charge is 2.25. The summed E-state index contributed by atoms with van der Waals surface area (Å²) in [7, 11) is 1.66. The van der Waals surface area contributed by atoms with Crippen molar-refractivity contribution in [2.24, 2.45) is 0 Å². The van der Waals surface area contributed by atoms with E-state index in [2.05, 4.69) is 32.8 Å². The van der Waals surface area contributed by atoms with E-state index in [9.17, 15) is 4.79 Å². The fourth-order valence-electron chi connectivity index (χ4n) is 2.81. The van der Waals surface area contributed by atoms with E-state index in [1.807, 2.05) is 46.1 Å². The van der Waals surface area contributed by atoms with Crippen LogP contribution in [0.5, 0.6) is 5.75 Å². The van der Waals surface area contributed by atoms with Crippen LogP contribution in [0.1, 0.15) is 52.1 Å². The fraction of sp³-hybridized carbons (Fsp3) is 0.500. The molecule has 3 rings (SSSR count). The van der Waals surface area contributed by atoms with Gasteiger partial charge in [-0.05, 0) is 57.9 Å². The monoisotopic (exact) mass is 343 g/mol. The third-order valence-corrected chi connectivity index (χ3v) is 4.37. The van der Waals surface area contributed by atoms with Crippen LogP contribution in [0.3, 0.4) is 0 Å². The predicted molar refractivity (Wildman–Crippen MR) is 99.6 cm³/mol. The van der Waals surface area contributed by atoms with Crippen molar-refractivity contribution in [2.45, 2.75) is 52.1 Å². The number of methoxy groups -OCH3 is 1. The van der Waals surface area contributed by atoms with E-state index in [-0.39, 0.29) is 17.5 Å². The number of benzene rings is 1. The van der Waals surface area contributed by atoms with Gasteiger partial charge in [0.25, 0.3) is 0 Å². The Morgan fingerprint density at radius 3 is 2.28 bits per heavy atom. The van der Waals surface area contributed by atoms with Gasteiger partial charge in [0, 0.05) is 25.4 Å². The van der Waals surface area contributed by atoms with Gasteiger partial charge >= 0.3 is 0 Å². The van der Waals surface area contributed by atoms with Crippen molar-refractivity contribution in [3.63, 3.8) is 0 Å². The third-order valence-electron chi connectivity index (χ3n) is 4.37. The van der Waals surface area contributed by atoms with Crippen molar-refractivity contribution in [3.05, 3.63) is 48.3 Å². The lowest BCUT2D eigenvalue weighted by molar-refractivity contribution is -0.129. The summed E-state index contributed by atoms with van der Waals surface area (Å²) in [4.78, 5) is 13.6. The van der Waals surface area contributed by atoms with Crippen LogP contribution in [0.15, 0.2) is 42.7 Å². The lowest BCUT2D eigenvalue weighted by atomic mass is 10.1. The van der Waals surface area contributed by atoms with Crippen LogP contribution >= 0.6 is 0 Å². The average molecular weight is 343 g/mol. The van der Waals surface area contributed by atoms with Gasteiger partial charge in [-0.2, -0.15) is 5.10 Å². The molecule has 2 aromatic rings. The molecule has 1 saturated heterocycles. The first-order valence-electron chi connectivity index (χ1n) is 8.76. The van der Waals surface area contributed by atoms with Crippen LogP contribution in [-0.2, 0) is 10.3 Å². The minimum atomic E-state index is 0.128. The smallest absolute Gasteiger partial charge is 0.223 e. The van der Waals surface area contributed by atoms with Crippen molar-refractivity contribution in [3.8, 4) is 5.75 Å². The number of carbonyl (C=O) groups is 1. The van der Waals surface area contributed by atoms with Crippen molar-refractivity contribution in [1.29, 1.82) is 0 Å². The number of ether oxygens (including phenoxy) is 1. The molecule has 1 atom stereocenters. The van der Waals surface area contributed by atoms with Gasteiger partial charge in [0.2, 0.25) is 5.91 Å². The third kappa shape index (κ3) is 5.08. The summed E-state index contributed by atoms with van der Waals surface area (Å²) >= 11 is 0. The molecular weight excluding hydrogens is 314 g/mol. The number of amides is 1. The van der Waals surface area contributed by atoms with Gasteiger partial charge in [-0.1, -0.05) is 12.1 Å². The normalized spacial score (nSPS) is 15.6. The molecule has 0 aliphatic carbocycles. The molecule has 0 unspecified atom stereocenters. The summed E-state index contributed by atoms with van der Waals surface area (Å²) < 4.78 is 7.05. The Balaban J connectivity index is 0.000000212. The summed E-state index contributed by atoms with van der Waals surface area (Å²) in [6.45, 7) is 9.33. The van der Waals surface area contributed by atoms with Crippen LogP contribution in [0.2, 0.25) is 0 Å². The molecule has 1 amide bonds. The molecule has 0 spiro atoms. The van der Waals surface area contributed by atoms with Crippen molar-refractivity contribution >= 4 is 5.91 Å². The highest BCUT2D eigenvalue weighted by Crippen LogP contribution is 2.26. The summed E-state index contributed by atoms with van der Waals surface area (Å²) in [6.07, 6.45) is 5.45. The molecule has 0 saturated carbocycles. The zero-order chi connectivity index (χ0) is 18.4. The van der Waals surface area contributed by atoms with E-state index in [1.165, 1.54) is 0 Å². The Bertz CT molecular complexity index is 657. The van der Waals surface area contributed by atoms with Crippen LogP contribution < -0.4 is 4.74 Å².